The van der Waals surface area contributed by atoms with E-state index in [0.717, 1.165) is 37.8 Å². The van der Waals surface area contributed by atoms with Crippen LogP contribution >= 0.6 is 0 Å². The minimum atomic E-state index is 0.0734. The summed E-state index contributed by atoms with van der Waals surface area (Å²) >= 11 is 0. The maximum Gasteiger partial charge on any atom is 0.246 e. The van der Waals surface area contributed by atoms with Crippen LogP contribution in [0.3, 0.4) is 0 Å². The molecule has 1 saturated carbocycles. The van der Waals surface area contributed by atoms with Crippen LogP contribution in [0.1, 0.15) is 36.8 Å². The second kappa shape index (κ2) is 8.64. The Morgan fingerprint density at radius 3 is 2.52 bits per heavy atom. The van der Waals surface area contributed by atoms with E-state index in [-0.39, 0.29) is 5.91 Å². The van der Waals surface area contributed by atoms with Crippen LogP contribution in [-0.2, 0) is 4.79 Å². The summed E-state index contributed by atoms with van der Waals surface area (Å²) in [5, 5.41) is 9.07. The van der Waals surface area contributed by atoms with Crippen LogP contribution in [0.25, 0.3) is 6.08 Å². The minimum Gasteiger partial charge on any atom is -0.337 e. The van der Waals surface area contributed by atoms with Crippen LogP contribution in [-0.4, -0.2) is 47.9 Å². The van der Waals surface area contributed by atoms with Crippen molar-refractivity contribution in [1.82, 2.24) is 9.80 Å². The third kappa shape index (κ3) is 4.58. The number of rotatable bonds is 4. The number of hydrogen-bond donors (Lipinski definition) is 0. The lowest BCUT2D eigenvalue weighted by Gasteiger charge is -2.37. The van der Waals surface area contributed by atoms with Gasteiger partial charge in [0.2, 0.25) is 5.91 Å². The molecule has 1 aromatic carbocycles. The molecule has 1 aliphatic heterocycles. The quantitative estimate of drug-likeness (QED) is 0.627. The molecule has 1 aromatic rings. The third-order valence-electron chi connectivity index (χ3n) is 5.17. The number of nitrogens with zero attached hydrogens (tertiary/aromatic N) is 3. The molecule has 3 rings (SSSR count). The standard InChI is InChI=1S/C21H25N3O/c22-17-19-9-2-1-7-18(19)8-3-6-12-21(25)24-15-13-23(14-16-24)20-10-4-5-11-20/h1-3,6-9,12,20H,4-5,10-11,13-16H2. The fourth-order valence-corrected chi connectivity index (χ4v) is 3.72. The summed E-state index contributed by atoms with van der Waals surface area (Å²) in [6.07, 6.45) is 12.4. The molecule has 2 fully saturated rings. The van der Waals surface area contributed by atoms with Crippen molar-refractivity contribution in [3.05, 3.63) is 53.6 Å². The number of hydrogen-bond acceptors (Lipinski definition) is 3. The van der Waals surface area contributed by atoms with E-state index >= 15 is 0 Å². The summed E-state index contributed by atoms with van der Waals surface area (Å²) in [5.74, 6) is 0.0734. The summed E-state index contributed by atoms with van der Waals surface area (Å²) in [7, 11) is 0. The smallest absolute Gasteiger partial charge is 0.246 e. The molecule has 1 saturated heterocycles. The Bertz CT molecular complexity index is 687. The maximum absolute atomic E-state index is 12.3. The van der Waals surface area contributed by atoms with Gasteiger partial charge in [0.15, 0.2) is 0 Å². The summed E-state index contributed by atoms with van der Waals surface area (Å²) in [6, 6.07) is 10.4. The second-order valence-electron chi connectivity index (χ2n) is 6.72. The highest BCUT2D eigenvalue weighted by molar-refractivity contribution is 5.88. The van der Waals surface area contributed by atoms with Crippen LogP contribution in [0.5, 0.6) is 0 Å². The van der Waals surface area contributed by atoms with Crippen molar-refractivity contribution in [1.29, 1.82) is 5.26 Å². The molecular formula is C21H25N3O. The van der Waals surface area contributed by atoms with Crippen molar-refractivity contribution in [2.45, 2.75) is 31.7 Å². The average molecular weight is 335 g/mol. The van der Waals surface area contributed by atoms with Gasteiger partial charge in [0, 0.05) is 38.3 Å². The Kier molecular flexibility index (Phi) is 6.03. The van der Waals surface area contributed by atoms with E-state index < -0.39 is 0 Å². The molecule has 0 radical (unpaired) electrons. The van der Waals surface area contributed by atoms with Gasteiger partial charge in [0.1, 0.15) is 0 Å². The van der Waals surface area contributed by atoms with Gasteiger partial charge in [-0.05, 0) is 24.5 Å². The van der Waals surface area contributed by atoms with Crippen LogP contribution in [0.15, 0.2) is 42.5 Å². The Balaban J connectivity index is 1.48. The number of piperazine rings is 1. The molecule has 0 N–H and O–H groups in total. The fraction of sp³-hybridized carbons (Fsp3) is 0.429. The first kappa shape index (κ1) is 17.4. The number of benzene rings is 1. The summed E-state index contributed by atoms with van der Waals surface area (Å²) in [5.41, 5.74) is 1.51. The summed E-state index contributed by atoms with van der Waals surface area (Å²) < 4.78 is 0. The molecule has 0 atom stereocenters. The van der Waals surface area contributed by atoms with Gasteiger partial charge in [-0.3, -0.25) is 9.69 Å². The zero-order valence-corrected chi connectivity index (χ0v) is 14.6. The highest BCUT2D eigenvalue weighted by Gasteiger charge is 2.26. The molecule has 2 aliphatic rings. The van der Waals surface area contributed by atoms with Gasteiger partial charge in [-0.2, -0.15) is 5.26 Å². The Hall–Kier alpha value is -2.38. The molecule has 25 heavy (non-hydrogen) atoms. The van der Waals surface area contributed by atoms with E-state index in [0.29, 0.717) is 5.56 Å². The van der Waals surface area contributed by atoms with Gasteiger partial charge >= 0.3 is 0 Å². The average Bonchev–Trinajstić information content (AvgIpc) is 3.20. The van der Waals surface area contributed by atoms with Crippen LogP contribution in [0.2, 0.25) is 0 Å². The lowest BCUT2D eigenvalue weighted by atomic mass is 10.1. The molecule has 0 bridgehead atoms. The highest BCUT2D eigenvalue weighted by Crippen LogP contribution is 2.24. The van der Waals surface area contributed by atoms with Gasteiger partial charge in [-0.15, -0.1) is 0 Å². The first-order valence-corrected chi connectivity index (χ1v) is 9.15. The highest BCUT2D eigenvalue weighted by atomic mass is 16.2. The molecule has 130 valence electrons. The Labute approximate surface area is 150 Å². The molecule has 1 heterocycles. The largest absolute Gasteiger partial charge is 0.337 e. The van der Waals surface area contributed by atoms with E-state index in [2.05, 4.69) is 11.0 Å². The molecule has 0 aromatic heterocycles. The van der Waals surface area contributed by atoms with E-state index in [1.54, 1.807) is 18.2 Å². The normalized spacial score (nSPS) is 19.7. The molecule has 1 aliphatic carbocycles. The van der Waals surface area contributed by atoms with Gasteiger partial charge in [0.05, 0.1) is 11.6 Å². The molecule has 0 spiro atoms. The van der Waals surface area contributed by atoms with Crippen molar-refractivity contribution in [3.63, 3.8) is 0 Å². The number of amides is 1. The second-order valence-corrected chi connectivity index (χ2v) is 6.72. The monoisotopic (exact) mass is 335 g/mol. The molecule has 4 heteroatoms. The lowest BCUT2D eigenvalue weighted by molar-refractivity contribution is -0.128. The van der Waals surface area contributed by atoms with Crippen molar-refractivity contribution in [2.24, 2.45) is 0 Å². The van der Waals surface area contributed by atoms with Crippen molar-refractivity contribution in [2.75, 3.05) is 26.2 Å². The van der Waals surface area contributed by atoms with Crippen LogP contribution in [0.4, 0.5) is 0 Å². The zero-order chi connectivity index (χ0) is 17.5. The predicted molar refractivity (Wildman–Crippen MR) is 99.7 cm³/mol. The number of nitriles is 1. The number of carbonyl (C=O) groups is 1. The maximum atomic E-state index is 12.3. The van der Waals surface area contributed by atoms with Crippen molar-refractivity contribution >= 4 is 12.0 Å². The van der Waals surface area contributed by atoms with Gasteiger partial charge in [-0.25, -0.2) is 0 Å². The van der Waals surface area contributed by atoms with E-state index in [9.17, 15) is 4.79 Å². The van der Waals surface area contributed by atoms with E-state index in [4.69, 9.17) is 5.26 Å². The Morgan fingerprint density at radius 2 is 1.80 bits per heavy atom. The fourth-order valence-electron chi connectivity index (χ4n) is 3.72. The first-order chi connectivity index (χ1) is 12.3. The minimum absolute atomic E-state index is 0.0734. The molecular weight excluding hydrogens is 310 g/mol. The van der Waals surface area contributed by atoms with Crippen LogP contribution in [0, 0.1) is 11.3 Å². The topological polar surface area (TPSA) is 47.3 Å². The first-order valence-electron chi connectivity index (χ1n) is 9.15. The number of allylic oxidation sites excluding steroid dienone is 2. The van der Waals surface area contributed by atoms with E-state index in [1.807, 2.05) is 35.3 Å². The Morgan fingerprint density at radius 1 is 1.08 bits per heavy atom. The summed E-state index contributed by atoms with van der Waals surface area (Å²) in [6.45, 7) is 3.63. The number of carbonyl (C=O) groups excluding carboxylic acids is 1. The van der Waals surface area contributed by atoms with Gasteiger partial charge in [-0.1, -0.05) is 49.3 Å². The SMILES string of the molecule is N#Cc1ccccc1C=CC=CC(=O)N1CCN(C2CCCC2)CC1. The van der Waals surface area contributed by atoms with Gasteiger partial charge < -0.3 is 4.90 Å². The van der Waals surface area contributed by atoms with Crippen LogP contribution < -0.4 is 0 Å². The van der Waals surface area contributed by atoms with Crippen molar-refractivity contribution < 1.29 is 4.79 Å². The molecule has 0 unspecified atom stereocenters. The predicted octanol–water partition coefficient (Wildman–Crippen LogP) is 3.21. The lowest BCUT2D eigenvalue weighted by Crippen LogP contribution is -2.51. The van der Waals surface area contributed by atoms with E-state index in [1.165, 1.54) is 25.7 Å². The van der Waals surface area contributed by atoms with Gasteiger partial charge in [0.25, 0.3) is 0 Å². The zero-order valence-electron chi connectivity index (χ0n) is 14.6. The summed E-state index contributed by atoms with van der Waals surface area (Å²) in [4.78, 5) is 16.8. The molecule has 1 amide bonds. The van der Waals surface area contributed by atoms with Crippen molar-refractivity contribution in [3.8, 4) is 6.07 Å². The molecule has 4 nitrogen and oxygen atoms in total. The third-order valence-corrected chi connectivity index (χ3v) is 5.17.